The van der Waals surface area contributed by atoms with Crippen LogP contribution in [-0.4, -0.2) is 24.5 Å². The molecule has 0 aliphatic heterocycles. The molecule has 0 aliphatic carbocycles. The van der Waals surface area contributed by atoms with E-state index in [1.54, 1.807) is 19.2 Å². The van der Waals surface area contributed by atoms with E-state index in [2.05, 4.69) is 5.32 Å². The molecule has 0 saturated carbocycles. The molecular weight excluding hydrogens is 372 g/mol. The zero-order chi connectivity index (χ0) is 19.4. The summed E-state index contributed by atoms with van der Waals surface area (Å²) in [5, 5.41) is 15.4. The molecule has 0 saturated heterocycles. The number of hydrogen-bond donors (Lipinski definition) is 1. The lowest BCUT2D eigenvalue weighted by atomic mass is 10.1. The SMILES string of the molecule is COc1ccc2ccc(OCC(=O)Nc3ccc(Cl)c([N+](=O)[O-])c3)cc2c1. The lowest BCUT2D eigenvalue weighted by Crippen LogP contribution is -2.20. The van der Waals surface area contributed by atoms with E-state index in [-0.39, 0.29) is 23.0 Å². The number of carbonyl (C=O) groups excluding carboxylic acids is 1. The van der Waals surface area contributed by atoms with Crippen molar-refractivity contribution in [2.45, 2.75) is 0 Å². The number of carbonyl (C=O) groups is 1. The van der Waals surface area contributed by atoms with Gasteiger partial charge < -0.3 is 14.8 Å². The highest BCUT2D eigenvalue weighted by atomic mass is 35.5. The Morgan fingerprint density at radius 2 is 1.78 bits per heavy atom. The Bertz CT molecular complexity index is 1020. The maximum absolute atomic E-state index is 12.1. The number of benzene rings is 3. The molecule has 3 rings (SSSR count). The van der Waals surface area contributed by atoms with Crippen molar-refractivity contribution in [3.05, 3.63) is 69.7 Å². The molecule has 0 spiro atoms. The number of methoxy groups -OCH3 is 1. The summed E-state index contributed by atoms with van der Waals surface area (Å²) >= 11 is 5.75. The Labute approximate surface area is 159 Å². The predicted octanol–water partition coefficient (Wildman–Crippen LogP) is 4.43. The van der Waals surface area contributed by atoms with Crippen LogP contribution < -0.4 is 14.8 Å². The van der Waals surface area contributed by atoms with E-state index in [9.17, 15) is 14.9 Å². The fraction of sp³-hybridized carbons (Fsp3) is 0.105. The molecule has 0 fully saturated rings. The van der Waals surface area contributed by atoms with Crippen LogP contribution in [0.15, 0.2) is 54.6 Å². The minimum atomic E-state index is -0.613. The lowest BCUT2D eigenvalue weighted by molar-refractivity contribution is -0.384. The van der Waals surface area contributed by atoms with Gasteiger partial charge in [-0.1, -0.05) is 23.7 Å². The minimum absolute atomic E-state index is 0.000779. The summed E-state index contributed by atoms with van der Waals surface area (Å²) < 4.78 is 10.7. The fourth-order valence-corrected chi connectivity index (χ4v) is 2.68. The van der Waals surface area contributed by atoms with Crippen LogP contribution in [0, 0.1) is 10.1 Å². The number of nitrogens with zero attached hydrogens (tertiary/aromatic N) is 1. The quantitative estimate of drug-likeness (QED) is 0.500. The number of nitrogens with one attached hydrogen (secondary N) is 1. The largest absolute Gasteiger partial charge is 0.497 e. The van der Waals surface area contributed by atoms with Gasteiger partial charge in [0.25, 0.3) is 11.6 Å². The standard InChI is InChI=1S/C19H15ClN2O5/c1-26-15-5-2-12-3-6-16(9-13(12)8-15)27-11-19(23)21-14-4-7-17(20)18(10-14)22(24)25/h2-10H,11H2,1H3,(H,21,23). The van der Waals surface area contributed by atoms with E-state index in [0.717, 1.165) is 16.5 Å². The number of fused-ring (bicyclic) bond motifs is 1. The fourth-order valence-electron chi connectivity index (χ4n) is 2.50. The molecule has 3 aromatic carbocycles. The highest BCUT2D eigenvalue weighted by Crippen LogP contribution is 2.27. The van der Waals surface area contributed by atoms with Crippen molar-refractivity contribution in [1.29, 1.82) is 0 Å². The third-order valence-corrected chi connectivity index (χ3v) is 4.14. The second kappa shape index (κ2) is 7.92. The highest BCUT2D eigenvalue weighted by Gasteiger charge is 2.14. The maximum Gasteiger partial charge on any atom is 0.289 e. The molecule has 0 aromatic heterocycles. The average molecular weight is 387 g/mol. The van der Waals surface area contributed by atoms with Crippen molar-refractivity contribution in [2.24, 2.45) is 0 Å². The van der Waals surface area contributed by atoms with Gasteiger partial charge in [-0.25, -0.2) is 0 Å². The van der Waals surface area contributed by atoms with E-state index < -0.39 is 10.8 Å². The maximum atomic E-state index is 12.1. The van der Waals surface area contributed by atoms with Gasteiger partial charge in [0.2, 0.25) is 0 Å². The molecule has 0 aliphatic rings. The first-order chi connectivity index (χ1) is 13.0. The van der Waals surface area contributed by atoms with Crippen LogP contribution in [0.25, 0.3) is 10.8 Å². The zero-order valence-corrected chi connectivity index (χ0v) is 15.0. The summed E-state index contributed by atoms with van der Waals surface area (Å²) in [6.07, 6.45) is 0. The normalized spacial score (nSPS) is 10.4. The molecule has 0 unspecified atom stereocenters. The first-order valence-corrected chi connectivity index (χ1v) is 8.28. The van der Waals surface area contributed by atoms with Gasteiger partial charge in [0.05, 0.1) is 12.0 Å². The van der Waals surface area contributed by atoms with Crippen LogP contribution in [0.4, 0.5) is 11.4 Å². The van der Waals surface area contributed by atoms with Crippen LogP contribution in [0.5, 0.6) is 11.5 Å². The van der Waals surface area contributed by atoms with E-state index in [0.29, 0.717) is 5.75 Å². The molecule has 0 heterocycles. The monoisotopic (exact) mass is 386 g/mol. The number of nitro groups is 1. The van der Waals surface area contributed by atoms with Crippen molar-refractivity contribution in [1.82, 2.24) is 0 Å². The van der Waals surface area contributed by atoms with Crippen LogP contribution in [0.1, 0.15) is 0 Å². The zero-order valence-electron chi connectivity index (χ0n) is 14.3. The Morgan fingerprint density at radius 1 is 1.07 bits per heavy atom. The van der Waals surface area contributed by atoms with Gasteiger partial charge in [-0.2, -0.15) is 0 Å². The van der Waals surface area contributed by atoms with E-state index >= 15 is 0 Å². The Kier molecular flexibility index (Phi) is 5.42. The van der Waals surface area contributed by atoms with Crippen LogP contribution in [0.3, 0.4) is 0 Å². The molecule has 8 heteroatoms. The molecule has 0 radical (unpaired) electrons. The van der Waals surface area contributed by atoms with Gasteiger partial charge in [0.1, 0.15) is 16.5 Å². The molecule has 27 heavy (non-hydrogen) atoms. The van der Waals surface area contributed by atoms with Gasteiger partial charge in [-0.3, -0.25) is 14.9 Å². The van der Waals surface area contributed by atoms with Crippen molar-refractivity contribution < 1.29 is 19.2 Å². The Hall–Kier alpha value is -3.32. The topological polar surface area (TPSA) is 90.7 Å². The van der Waals surface area contributed by atoms with Crippen LogP contribution in [0.2, 0.25) is 5.02 Å². The van der Waals surface area contributed by atoms with E-state index in [4.69, 9.17) is 21.1 Å². The van der Waals surface area contributed by atoms with Gasteiger partial charge >= 0.3 is 0 Å². The van der Waals surface area contributed by atoms with Crippen LogP contribution in [-0.2, 0) is 4.79 Å². The summed E-state index contributed by atoms with van der Waals surface area (Å²) in [6, 6.07) is 15.1. The third kappa shape index (κ3) is 4.45. The second-order valence-electron chi connectivity index (χ2n) is 5.64. The molecular formula is C19H15ClN2O5. The van der Waals surface area contributed by atoms with Crippen molar-refractivity contribution >= 4 is 39.7 Å². The predicted molar refractivity (Wildman–Crippen MR) is 103 cm³/mol. The molecule has 0 atom stereocenters. The number of ether oxygens (including phenoxy) is 2. The van der Waals surface area contributed by atoms with Crippen molar-refractivity contribution in [3.63, 3.8) is 0 Å². The van der Waals surface area contributed by atoms with Crippen molar-refractivity contribution in [2.75, 3.05) is 19.0 Å². The molecule has 1 amide bonds. The van der Waals surface area contributed by atoms with Gasteiger partial charge in [0, 0.05) is 11.8 Å². The Balaban J connectivity index is 1.66. The van der Waals surface area contributed by atoms with Gasteiger partial charge in [-0.05, 0) is 47.2 Å². The number of amides is 1. The number of anilines is 1. The first-order valence-electron chi connectivity index (χ1n) is 7.90. The smallest absolute Gasteiger partial charge is 0.289 e. The molecule has 138 valence electrons. The molecule has 1 N–H and O–H groups in total. The number of nitro benzene ring substituents is 1. The highest BCUT2D eigenvalue weighted by molar-refractivity contribution is 6.32. The summed E-state index contributed by atoms with van der Waals surface area (Å²) in [5.41, 5.74) is -0.0122. The van der Waals surface area contributed by atoms with Crippen molar-refractivity contribution in [3.8, 4) is 11.5 Å². The second-order valence-corrected chi connectivity index (χ2v) is 6.04. The van der Waals surface area contributed by atoms with Gasteiger partial charge in [-0.15, -0.1) is 0 Å². The number of hydrogen-bond acceptors (Lipinski definition) is 5. The Morgan fingerprint density at radius 3 is 2.48 bits per heavy atom. The number of halogens is 1. The third-order valence-electron chi connectivity index (χ3n) is 3.82. The molecule has 3 aromatic rings. The van der Waals surface area contributed by atoms with Crippen LogP contribution >= 0.6 is 11.6 Å². The summed E-state index contributed by atoms with van der Waals surface area (Å²) in [7, 11) is 1.59. The van der Waals surface area contributed by atoms with E-state index in [1.807, 2.05) is 24.3 Å². The van der Waals surface area contributed by atoms with E-state index in [1.165, 1.54) is 18.2 Å². The first kappa shape index (κ1) is 18.5. The summed E-state index contributed by atoms with van der Waals surface area (Å²) in [6.45, 7) is -0.244. The average Bonchev–Trinajstić information content (AvgIpc) is 2.67. The number of rotatable bonds is 6. The molecule has 0 bridgehead atoms. The minimum Gasteiger partial charge on any atom is -0.497 e. The molecule has 7 nitrogen and oxygen atoms in total. The van der Waals surface area contributed by atoms with Gasteiger partial charge in [0.15, 0.2) is 6.61 Å². The summed E-state index contributed by atoms with van der Waals surface area (Å²) in [5.74, 6) is 0.798. The lowest BCUT2D eigenvalue weighted by Gasteiger charge is -2.09. The summed E-state index contributed by atoms with van der Waals surface area (Å²) in [4.78, 5) is 22.3.